The zero-order chi connectivity index (χ0) is 10.3. The lowest BCUT2D eigenvalue weighted by Gasteiger charge is -1.87. The van der Waals surface area contributed by atoms with Gasteiger partial charge in [-0.3, -0.25) is 4.98 Å². The summed E-state index contributed by atoms with van der Waals surface area (Å²) in [6.45, 7) is 0. The molecule has 0 saturated heterocycles. The fraction of sp³-hybridized carbons (Fsp3) is 0. The molecule has 4 nitrogen and oxygen atoms in total. The first-order valence-electron chi connectivity index (χ1n) is 4.48. The van der Waals surface area contributed by atoms with Crippen LogP contribution in [0.5, 0.6) is 0 Å². The third-order valence-corrected chi connectivity index (χ3v) is 2.23. The Hall–Kier alpha value is -2.23. The van der Waals surface area contributed by atoms with Gasteiger partial charge in [0.25, 0.3) is 0 Å². The van der Waals surface area contributed by atoms with E-state index in [0.29, 0.717) is 11.3 Å². The maximum Gasteiger partial charge on any atom is 0.346 e. The number of benzene rings is 1. The van der Waals surface area contributed by atoms with Gasteiger partial charge in [-0.25, -0.2) is 9.78 Å². The normalized spacial score (nSPS) is 10.9. The van der Waals surface area contributed by atoms with Crippen molar-refractivity contribution in [2.24, 2.45) is 0 Å². The molecule has 2 aliphatic heterocycles. The molecule has 0 saturated carbocycles. The average molecular weight is 198 g/mol. The van der Waals surface area contributed by atoms with Crippen molar-refractivity contribution in [3.8, 4) is 11.3 Å². The number of nitrogens with zero attached hydrogens (tertiary/aromatic N) is 2. The van der Waals surface area contributed by atoms with Crippen molar-refractivity contribution >= 4 is 11.0 Å². The van der Waals surface area contributed by atoms with Gasteiger partial charge >= 0.3 is 5.63 Å². The number of hydrogen-bond acceptors (Lipinski definition) is 4. The van der Waals surface area contributed by atoms with Crippen molar-refractivity contribution in [1.82, 2.24) is 9.97 Å². The molecule has 4 heteroatoms. The summed E-state index contributed by atoms with van der Waals surface area (Å²) in [7, 11) is 0. The number of rotatable bonds is 0. The Kier molecular flexibility index (Phi) is 1.56. The van der Waals surface area contributed by atoms with Crippen LogP contribution in [0.15, 0.2) is 45.9 Å². The summed E-state index contributed by atoms with van der Waals surface area (Å²) in [5.41, 5.74) is 2.05. The van der Waals surface area contributed by atoms with Crippen molar-refractivity contribution in [2.45, 2.75) is 0 Å². The third-order valence-electron chi connectivity index (χ3n) is 2.23. The molecule has 1 aromatic carbocycles. The molecule has 0 N–H and O–H groups in total. The molecular weight excluding hydrogens is 192 g/mol. The molecule has 15 heavy (non-hydrogen) atoms. The molecule has 0 fully saturated rings. The molecule has 0 atom stereocenters. The first kappa shape index (κ1) is 8.11. The Balaban J connectivity index is 2.51. The van der Waals surface area contributed by atoms with Crippen LogP contribution in [-0.4, -0.2) is 9.97 Å². The molecule has 72 valence electrons. The van der Waals surface area contributed by atoms with Crippen LogP contribution in [0, 0.1) is 0 Å². The average Bonchev–Trinajstić information content (AvgIpc) is 2.51. The maximum atomic E-state index is 11.2. The van der Waals surface area contributed by atoms with E-state index in [4.69, 9.17) is 4.42 Å². The van der Waals surface area contributed by atoms with E-state index in [2.05, 4.69) is 9.97 Å². The van der Waals surface area contributed by atoms with Crippen LogP contribution in [0.4, 0.5) is 0 Å². The number of fused-ring (bicyclic) bond motifs is 2. The zero-order valence-electron chi connectivity index (χ0n) is 7.68. The molecule has 0 spiro atoms. The van der Waals surface area contributed by atoms with Gasteiger partial charge in [-0.2, -0.15) is 0 Å². The molecule has 0 unspecified atom stereocenters. The summed E-state index contributed by atoms with van der Waals surface area (Å²) in [5.74, 6) is 0. The Morgan fingerprint density at radius 1 is 1.13 bits per heavy atom. The Labute approximate surface area is 84.6 Å². The van der Waals surface area contributed by atoms with Crippen LogP contribution in [-0.2, 0) is 0 Å². The van der Waals surface area contributed by atoms with Gasteiger partial charge < -0.3 is 4.42 Å². The fourth-order valence-electron chi connectivity index (χ4n) is 1.48. The summed E-state index contributed by atoms with van der Waals surface area (Å²) in [4.78, 5) is 19.7. The molecule has 0 bridgehead atoms. The Bertz CT molecular complexity index is 660. The van der Waals surface area contributed by atoms with Gasteiger partial charge in [0.1, 0.15) is 17.5 Å². The topological polar surface area (TPSA) is 56.0 Å². The summed E-state index contributed by atoms with van der Waals surface area (Å²) in [6, 6.07) is 7.45. The van der Waals surface area contributed by atoms with Crippen LogP contribution < -0.4 is 5.63 Å². The summed E-state index contributed by atoms with van der Waals surface area (Å²) >= 11 is 0. The van der Waals surface area contributed by atoms with Crippen molar-refractivity contribution in [3.05, 3.63) is 47.1 Å². The van der Waals surface area contributed by atoms with Gasteiger partial charge in [-0.05, 0) is 12.1 Å². The second-order valence-corrected chi connectivity index (χ2v) is 3.18. The number of hydrogen-bond donors (Lipinski definition) is 0. The SMILES string of the molecule is O=c1occ2nc3ccccc3ncc1-2. The first-order valence-corrected chi connectivity index (χ1v) is 4.48. The lowest BCUT2D eigenvalue weighted by molar-refractivity contribution is 0.532. The summed E-state index contributed by atoms with van der Waals surface area (Å²) in [5, 5.41) is 0. The monoisotopic (exact) mass is 198 g/mol. The fourth-order valence-corrected chi connectivity index (χ4v) is 1.48. The van der Waals surface area contributed by atoms with E-state index in [-0.39, 0.29) is 0 Å². The number of furan rings is 1. The van der Waals surface area contributed by atoms with Crippen LogP contribution in [0.25, 0.3) is 22.3 Å². The molecule has 0 aromatic heterocycles. The van der Waals surface area contributed by atoms with E-state index in [9.17, 15) is 4.79 Å². The highest BCUT2D eigenvalue weighted by Crippen LogP contribution is 2.16. The second-order valence-electron chi connectivity index (χ2n) is 3.18. The van der Waals surface area contributed by atoms with E-state index in [1.54, 1.807) is 0 Å². The zero-order valence-corrected chi connectivity index (χ0v) is 7.68. The lowest BCUT2D eigenvalue weighted by atomic mass is 10.3. The lowest BCUT2D eigenvalue weighted by Crippen LogP contribution is -1.93. The van der Waals surface area contributed by atoms with Gasteiger partial charge in [0.2, 0.25) is 0 Å². The standard InChI is InChI=1S/C11H6N2O2/c14-11-7-5-12-8-3-1-2-4-9(8)13-10(7)6-15-11/h1-6H. The molecule has 3 rings (SSSR count). The van der Waals surface area contributed by atoms with Gasteiger partial charge in [0, 0.05) is 6.20 Å². The van der Waals surface area contributed by atoms with Gasteiger partial charge in [-0.15, -0.1) is 0 Å². The van der Waals surface area contributed by atoms with Crippen LogP contribution in [0.3, 0.4) is 0 Å². The highest BCUT2D eigenvalue weighted by Gasteiger charge is 2.10. The molecular formula is C11H6N2O2. The predicted molar refractivity (Wildman–Crippen MR) is 54.7 cm³/mol. The Morgan fingerprint density at radius 3 is 2.80 bits per heavy atom. The number of para-hydroxylation sites is 2. The maximum absolute atomic E-state index is 11.2. The van der Waals surface area contributed by atoms with Crippen LogP contribution in [0.1, 0.15) is 0 Å². The minimum Gasteiger partial charge on any atom is -0.428 e. The molecule has 0 radical (unpaired) electrons. The molecule has 2 heterocycles. The van der Waals surface area contributed by atoms with Crippen molar-refractivity contribution in [3.63, 3.8) is 0 Å². The van der Waals surface area contributed by atoms with Crippen LogP contribution in [0.2, 0.25) is 0 Å². The van der Waals surface area contributed by atoms with E-state index in [1.807, 2.05) is 24.3 Å². The summed E-state index contributed by atoms with van der Waals surface area (Å²) < 4.78 is 4.75. The smallest absolute Gasteiger partial charge is 0.346 e. The van der Waals surface area contributed by atoms with E-state index in [1.165, 1.54) is 12.5 Å². The van der Waals surface area contributed by atoms with Gasteiger partial charge in [-0.1, -0.05) is 12.1 Å². The predicted octanol–water partition coefficient (Wildman–Crippen LogP) is 1.69. The van der Waals surface area contributed by atoms with Gasteiger partial charge in [0.15, 0.2) is 0 Å². The van der Waals surface area contributed by atoms with Crippen molar-refractivity contribution in [2.75, 3.05) is 0 Å². The minimum atomic E-state index is -0.398. The van der Waals surface area contributed by atoms with Crippen molar-refractivity contribution < 1.29 is 4.42 Å². The second kappa shape index (κ2) is 2.88. The molecule has 1 aromatic rings. The molecule has 0 aliphatic carbocycles. The van der Waals surface area contributed by atoms with E-state index in [0.717, 1.165) is 11.0 Å². The van der Waals surface area contributed by atoms with Gasteiger partial charge in [0.05, 0.1) is 11.0 Å². The first-order chi connectivity index (χ1) is 7.34. The number of aromatic nitrogens is 2. The third kappa shape index (κ3) is 1.19. The highest BCUT2D eigenvalue weighted by atomic mass is 16.4. The van der Waals surface area contributed by atoms with Crippen LogP contribution >= 0.6 is 0 Å². The highest BCUT2D eigenvalue weighted by molar-refractivity contribution is 5.76. The summed E-state index contributed by atoms with van der Waals surface area (Å²) in [6.07, 6.45) is 2.85. The van der Waals surface area contributed by atoms with Crippen molar-refractivity contribution in [1.29, 1.82) is 0 Å². The largest absolute Gasteiger partial charge is 0.428 e. The quantitative estimate of drug-likeness (QED) is 0.551. The molecule has 2 aliphatic rings. The molecule has 0 amide bonds. The Morgan fingerprint density at radius 2 is 1.93 bits per heavy atom. The minimum absolute atomic E-state index is 0.398. The van der Waals surface area contributed by atoms with E-state index >= 15 is 0 Å². The van der Waals surface area contributed by atoms with E-state index < -0.39 is 5.63 Å².